The Hall–Kier alpha value is -0.820. The van der Waals surface area contributed by atoms with Crippen molar-refractivity contribution in [2.24, 2.45) is 11.1 Å². The van der Waals surface area contributed by atoms with Gasteiger partial charge in [-0.1, -0.05) is 25.1 Å². The van der Waals surface area contributed by atoms with E-state index in [-0.39, 0.29) is 0 Å². The lowest BCUT2D eigenvalue weighted by Gasteiger charge is -2.24. The molecule has 1 aliphatic rings. The Bertz CT molecular complexity index is 383. The fourth-order valence-electron chi connectivity index (χ4n) is 2.94. The van der Waals surface area contributed by atoms with E-state index in [0.717, 1.165) is 0 Å². The molecule has 1 heteroatoms. The Morgan fingerprint density at radius 2 is 2.06 bits per heavy atom. The summed E-state index contributed by atoms with van der Waals surface area (Å²) in [5, 5.41) is 0. The van der Waals surface area contributed by atoms with Gasteiger partial charge < -0.3 is 5.73 Å². The first-order valence-electron chi connectivity index (χ1n) is 6.30. The van der Waals surface area contributed by atoms with E-state index in [1.165, 1.54) is 42.4 Å². The van der Waals surface area contributed by atoms with Crippen molar-refractivity contribution in [3.8, 4) is 0 Å². The van der Waals surface area contributed by atoms with Crippen molar-refractivity contribution in [1.82, 2.24) is 0 Å². The zero-order chi connectivity index (χ0) is 11.8. The van der Waals surface area contributed by atoms with Crippen LogP contribution in [0.3, 0.4) is 0 Å². The highest BCUT2D eigenvalue weighted by Crippen LogP contribution is 2.39. The molecule has 0 spiro atoms. The molecule has 0 aliphatic heterocycles. The monoisotopic (exact) mass is 217 g/mol. The molecule has 2 unspecified atom stereocenters. The summed E-state index contributed by atoms with van der Waals surface area (Å²) < 4.78 is 0. The lowest BCUT2D eigenvalue weighted by Crippen LogP contribution is -2.21. The minimum Gasteiger partial charge on any atom is -0.328 e. The third-order valence-corrected chi connectivity index (χ3v) is 4.08. The number of hydrogen-bond acceptors (Lipinski definition) is 1. The maximum absolute atomic E-state index is 6.02. The summed E-state index contributed by atoms with van der Waals surface area (Å²) in [6.07, 6.45) is 4.84. The average molecular weight is 217 g/mol. The molecule has 1 fully saturated rings. The van der Waals surface area contributed by atoms with Crippen LogP contribution < -0.4 is 5.73 Å². The van der Waals surface area contributed by atoms with Crippen molar-refractivity contribution >= 4 is 0 Å². The fourth-order valence-corrected chi connectivity index (χ4v) is 2.94. The molecular formula is C15H23N. The van der Waals surface area contributed by atoms with E-state index in [9.17, 15) is 0 Å². The first-order chi connectivity index (χ1) is 7.48. The van der Waals surface area contributed by atoms with Gasteiger partial charge in [-0.05, 0) is 61.6 Å². The van der Waals surface area contributed by atoms with Gasteiger partial charge in [0.15, 0.2) is 0 Å². The van der Waals surface area contributed by atoms with Gasteiger partial charge in [0.2, 0.25) is 0 Å². The van der Waals surface area contributed by atoms with Gasteiger partial charge in [0, 0.05) is 6.04 Å². The molecule has 1 aromatic rings. The van der Waals surface area contributed by atoms with Crippen LogP contribution in [0.25, 0.3) is 0 Å². The summed E-state index contributed by atoms with van der Waals surface area (Å²) in [6.45, 7) is 6.75. The van der Waals surface area contributed by atoms with Crippen molar-refractivity contribution in [3.05, 3.63) is 34.9 Å². The van der Waals surface area contributed by atoms with Gasteiger partial charge in [0.25, 0.3) is 0 Å². The second-order valence-electron chi connectivity index (χ2n) is 5.91. The van der Waals surface area contributed by atoms with Crippen LogP contribution in [0.4, 0.5) is 0 Å². The molecule has 88 valence electrons. The summed E-state index contributed by atoms with van der Waals surface area (Å²) >= 11 is 0. The van der Waals surface area contributed by atoms with E-state index in [4.69, 9.17) is 5.73 Å². The topological polar surface area (TPSA) is 26.0 Å². The first kappa shape index (κ1) is 11.7. The predicted octanol–water partition coefficient (Wildman–Crippen LogP) is 3.36. The largest absolute Gasteiger partial charge is 0.328 e. The molecular weight excluding hydrogens is 194 g/mol. The standard InChI is InChI=1S/C15H23N/c1-11-4-5-13(8-12(11)2)9-15(3)7-6-14(16)10-15/h4-5,8,14H,6-7,9-10,16H2,1-3H3. The van der Waals surface area contributed by atoms with E-state index in [2.05, 4.69) is 39.0 Å². The molecule has 0 radical (unpaired) electrons. The van der Waals surface area contributed by atoms with E-state index in [1.54, 1.807) is 0 Å². The van der Waals surface area contributed by atoms with E-state index < -0.39 is 0 Å². The van der Waals surface area contributed by atoms with E-state index >= 15 is 0 Å². The highest BCUT2D eigenvalue weighted by molar-refractivity contribution is 5.30. The Morgan fingerprint density at radius 1 is 1.31 bits per heavy atom. The van der Waals surface area contributed by atoms with Gasteiger partial charge in [-0.15, -0.1) is 0 Å². The Kier molecular flexibility index (Phi) is 3.07. The van der Waals surface area contributed by atoms with Crippen LogP contribution in [-0.4, -0.2) is 6.04 Å². The molecule has 2 N–H and O–H groups in total. The number of nitrogens with two attached hydrogens (primary N) is 1. The van der Waals surface area contributed by atoms with Gasteiger partial charge >= 0.3 is 0 Å². The third kappa shape index (κ3) is 2.46. The van der Waals surface area contributed by atoms with Gasteiger partial charge in [-0.2, -0.15) is 0 Å². The van der Waals surface area contributed by atoms with Gasteiger partial charge in [0.1, 0.15) is 0 Å². The van der Waals surface area contributed by atoms with Crippen LogP contribution in [0.5, 0.6) is 0 Å². The summed E-state index contributed by atoms with van der Waals surface area (Å²) in [5.74, 6) is 0. The second-order valence-corrected chi connectivity index (χ2v) is 5.91. The molecule has 0 amide bonds. The third-order valence-electron chi connectivity index (χ3n) is 4.08. The highest BCUT2D eigenvalue weighted by atomic mass is 14.7. The van der Waals surface area contributed by atoms with Crippen molar-refractivity contribution in [3.63, 3.8) is 0 Å². The average Bonchev–Trinajstić information content (AvgIpc) is 2.52. The number of benzene rings is 1. The Balaban J connectivity index is 2.12. The van der Waals surface area contributed by atoms with Crippen LogP contribution in [0.1, 0.15) is 42.9 Å². The van der Waals surface area contributed by atoms with Gasteiger partial charge in [0.05, 0.1) is 0 Å². The Morgan fingerprint density at radius 3 is 2.62 bits per heavy atom. The molecule has 0 aromatic heterocycles. The highest BCUT2D eigenvalue weighted by Gasteiger charge is 2.33. The maximum Gasteiger partial charge on any atom is 0.00443 e. The minimum atomic E-state index is 0.427. The van der Waals surface area contributed by atoms with Gasteiger partial charge in [-0.25, -0.2) is 0 Å². The van der Waals surface area contributed by atoms with Crippen LogP contribution in [0.15, 0.2) is 18.2 Å². The second kappa shape index (κ2) is 4.21. The minimum absolute atomic E-state index is 0.427. The molecule has 1 nitrogen and oxygen atoms in total. The van der Waals surface area contributed by atoms with Crippen LogP contribution >= 0.6 is 0 Å². The summed E-state index contributed by atoms with van der Waals surface area (Å²) in [7, 11) is 0. The fraction of sp³-hybridized carbons (Fsp3) is 0.600. The molecule has 2 atom stereocenters. The summed E-state index contributed by atoms with van der Waals surface area (Å²) in [4.78, 5) is 0. The van der Waals surface area contributed by atoms with Crippen molar-refractivity contribution < 1.29 is 0 Å². The van der Waals surface area contributed by atoms with E-state index in [1.807, 2.05) is 0 Å². The van der Waals surface area contributed by atoms with Crippen LogP contribution in [-0.2, 0) is 6.42 Å². The molecule has 1 saturated carbocycles. The number of hydrogen-bond donors (Lipinski definition) is 1. The SMILES string of the molecule is Cc1ccc(CC2(C)CCC(N)C2)cc1C. The lowest BCUT2D eigenvalue weighted by molar-refractivity contribution is 0.329. The van der Waals surface area contributed by atoms with Crippen LogP contribution in [0.2, 0.25) is 0 Å². The van der Waals surface area contributed by atoms with E-state index in [0.29, 0.717) is 11.5 Å². The lowest BCUT2D eigenvalue weighted by atomic mass is 9.81. The quantitative estimate of drug-likeness (QED) is 0.807. The zero-order valence-corrected chi connectivity index (χ0v) is 10.7. The van der Waals surface area contributed by atoms with Gasteiger partial charge in [-0.3, -0.25) is 0 Å². The molecule has 1 aromatic carbocycles. The molecule has 2 rings (SSSR count). The first-order valence-corrected chi connectivity index (χ1v) is 6.30. The predicted molar refractivity (Wildman–Crippen MR) is 69.6 cm³/mol. The van der Waals surface area contributed by atoms with Crippen molar-refractivity contribution in [2.45, 2.75) is 52.5 Å². The molecule has 1 aliphatic carbocycles. The summed E-state index contributed by atoms with van der Waals surface area (Å²) in [6, 6.07) is 7.28. The normalized spacial score (nSPS) is 29.6. The smallest absolute Gasteiger partial charge is 0.00443 e. The number of rotatable bonds is 2. The zero-order valence-electron chi connectivity index (χ0n) is 10.7. The summed E-state index contributed by atoms with van der Waals surface area (Å²) in [5.41, 5.74) is 10.7. The molecule has 0 bridgehead atoms. The Labute approximate surface area is 99.0 Å². The number of aryl methyl sites for hydroxylation is 2. The van der Waals surface area contributed by atoms with Crippen molar-refractivity contribution in [2.75, 3.05) is 0 Å². The molecule has 0 saturated heterocycles. The maximum atomic E-state index is 6.02. The van der Waals surface area contributed by atoms with Crippen molar-refractivity contribution in [1.29, 1.82) is 0 Å². The molecule has 16 heavy (non-hydrogen) atoms. The van der Waals surface area contributed by atoms with Crippen LogP contribution in [0, 0.1) is 19.3 Å². The molecule has 0 heterocycles.